The Hall–Kier alpha value is -2.81. The Morgan fingerprint density at radius 3 is 1.32 bits per heavy atom. The highest BCUT2D eigenvalue weighted by Crippen LogP contribution is 2.43. The summed E-state index contributed by atoms with van der Waals surface area (Å²) in [7, 11) is 1.46. The Morgan fingerprint density at radius 2 is 0.865 bits per heavy atom. The number of unbranched alkanes of at least 4 members (excludes halogenated alkanes) is 26. The lowest BCUT2D eigenvalue weighted by Crippen LogP contribution is -2.47. The highest BCUT2D eigenvalue weighted by Gasteiger charge is 2.30. The Kier molecular flexibility index (Phi) is 51.5. The zero-order valence-electron chi connectivity index (χ0n) is 48.8. The van der Waals surface area contributed by atoms with E-state index in [0.29, 0.717) is 17.4 Å². The van der Waals surface area contributed by atoms with Crippen LogP contribution in [-0.2, 0) is 27.9 Å². The van der Waals surface area contributed by atoms with Crippen molar-refractivity contribution >= 4 is 19.7 Å². The predicted molar refractivity (Wildman–Crippen MR) is 318 cm³/mol. The number of hydrogen-bond donors (Lipinski definition) is 2. The highest BCUT2D eigenvalue weighted by atomic mass is 31.2. The Labute approximate surface area is 456 Å². The van der Waals surface area contributed by atoms with E-state index in [0.717, 1.165) is 103 Å². The first-order valence-corrected chi connectivity index (χ1v) is 31.9. The van der Waals surface area contributed by atoms with Crippen molar-refractivity contribution in [3.05, 3.63) is 85.1 Å². The first-order chi connectivity index (χ1) is 35.9. The molecule has 3 unspecified atom stereocenters. The molecule has 10 heteroatoms. The van der Waals surface area contributed by atoms with Crippen LogP contribution in [0.15, 0.2) is 85.1 Å². The molecule has 0 saturated heterocycles. The van der Waals surface area contributed by atoms with Gasteiger partial charge in [0.1, 0.15) is 19.3 Å². The highest BCUT2D eigenvalue weighted by molar-refractivity contribution is 7.47. The quantitative estimate of drug-likeness (QED) is 0.0205. The van der Waals surface area contributed by atoms with Crippen LogP contribution in [0.1, 0.15) is 258 Å². The summed E-state index contributed by atoms with van der Waals surface area (Å²) in [6.45, 7) is 6.86. The second-order valence-electron chi connectivity index (χ2n) is 21.5. The van der Waals surface area contributed by atoms with Gasteiger partial charge in [-0.3, -0.25) is 18.6 Å². The molecular formula is C64H116N2O7P+. The molecule has 0 aliphatic rings. The van der Waals surface area contributed by atoms with Gasteiger partial charge in [0.25, 0.3) is 0 Å². The van der Waals surface area contributed by atoms with Gasteiger partial charge in [0, 0.05) is 12.8 Å². The molecule has 0 aromatic rings. The van der Waals surface area contributed by atoms with Gasteiger partial charge in [-0.25, -0.2) is 4.57 Å². The average molecular weight is 1060 g/mol. The van der Waals surface area contributed by atoms with Gasteiger partial charge in [0.15, 0.2) is 0 Å². The lowest BCUT2D eigenvalue weighted by molar-refractivity contribution is -0.870. The van der Waals surface area contributed by atoms with Crippen molar-refractivity contribution in [1.82, 2.24) is 5.32 Å². The number of hydrogen-bond acceptors (Lipinski definition) is 6. The summed E-state index contributed by atoms with van der Waals surface area (Å²) in [4.78, 5) is 37.7. The summed E-state index contributed by atoms with van der Waals surface area (Å²) in [6, 6.07) is -0.871. The largest absolute Gasteiger partial charge is 0.472 e. The van der Waals surface area contributed by atoms with Crippen molar-refractivity contribution in [2.24, 2.45) is 0 Å². The number of quaternary nitrogens is 1. The molecule has 0 saturated carbocycles. The van der Waals surface area contributed by atoms with Crippen LogP contribution in [0.25, 0.3) is 0 Å². The number of nitrogens with zero attached hydrogens (tertiary/aromatic N) is 1. The SMILES string of the molecule is CC/C=C\C/C=C\C/C=C\C/C=C\C/C=C\CCCCCC(=O)NC(COP(=O)(O)OCC[N+](C)(C)C)C(/C=C/CCCCCCCCCCCC)OC(=O)CCCCCCCCC/C=C/CCCCCCCC. The monoisotopic (exact) mass is 1060 g/mol. The molecule has 3 atom stereocenters. The molecule has 0 aromatic carbocycles. The number of allylic oxidation sites excluding steroid dienone is 13. The van der Waals surface area contributed by atoms with Crippen molar-refractivity contribution in [2.45, 2.75) is 270 Å². The van der Waals surface area contributed by atoms with E-state index in [-0.39, 0.29) is 37.9 Å². The fraction of sp³-hybridized carbons (Fsp3) is 0.750. The van der Waals surface area contributed by atoms with E-state index in [4.69, 9.17) is 13.8 Å². The lowest BCUT2D eigenvalue weighted by Gasteiger charge is -2.27. The number of ether oxygens (including phenoxy) is 1. The molecule has 0 rings (SSSR count). The maximum Gasteiger partial charge on any atom is 0.472 e. The third-order valence-corrected chi connectivity index (χ3v) is 14.1. The Morgan fingerprint density at radius 1 is 0.486 bits per heavy atom. The third-order valence-electron chi connectivity index (χ3n) is 13.1. The van der Waals surface area contributed by atoms with Gasteiger partial charge in [0.05, 0.1) is 33.8 Å². The molecule has 0 aliphatic carbocycles. The number of phosphoric acid groups is 1. The average Bonchev–Trinajstić information content (AvgIpc) is 3.36. The van der Waals surface area contributed by atoms with Crippen LogP contribution in [-0.4, -0.2) is 74.3 Å². The summed E-state index contributed by atoms with van der Waals surface area (Å²) in [5, 5.41) is 3.03. The number of likely N-dealkylation sites (N-methyl/N-ethyl adjacent to an activating group) is 1. The van der Waals surface area contributed by atoms with E-state index in [1.807, 2.05) is 33.3 Å². The van der Waals surface area contributed by atoms with Gasteiger partial charge in [0.2, 0.25) is 5.91 Å². The van der Waals surface area contributed by atoms with Crippen LogP contribution < -0.4 is 5.32 Å². The van der Waals surface area contributed by atoms with Crippen LogP contribution in [0.3, 0.4) is 0 Å². The molecule has 0 bridgehead atoms. The molecule has 0 spiro atoms. The summed E-state index contributed by atoms with van der Waals surface area (Å²) < 4.78 is 30.6. The van der Waals surface area contributed by atoms with E-state index in [1.165, 1.54) is 116 Å². The summed E-state index contributed by atoms with van der Waals surface area (Å²) in [6.07, 6.45) is 70.1. The van der Waals surface area contributed by atoms with Gasteiger partial charge in [-0.05, 0) is 102 Å². The summed E-state index contributed by atoms with van der Waals surface area (Å²) in [5.41, 5.74) is 0. The lowest BCUT2D eigenvalue weighted by atomic mass is 10.0. The minimum absolute atomic E-state index is 0.0296. The van der Waals surface area contributed by atoms with Crippen molar-refractivity contribution in [3.63, 3.8) is 0 Å². The molecule has 9 nitrogen and oxygen atoms in total. The topological polar surface area (TPSA) is 111 Å². The zero-order chi connectivity index (χ0) is 54.3. The van der Waals surface area contributed by atoms with Crippen molar-refractivity contribution in [1.29, 1.82) is 0 Å². The normalized spacial score (nSPS) is 14.3. The fourth-order valence-electron chi connectivity index (χ4n) is 8.37. The van der Waals surface area contributed by atoms with E-state index >= 15 is 0 Å². The number of nitrogens with one attached hydrogen (secondary N) is 1. The van der Waals surface area contributed by atoms with Crippen LogP contribution in [0.2, 0.25) is 0 Å². The molecule has 0 fully saturated rings. The van der Waals surface area contributed by atoms with Gasteiger partial charge >= 0.3 is 13.8 Å². The molecule has 0 radical (unpaired) electrons. The zero-order valence-corrected chi connectivity index (χ0v) is 49.7. The number of rotatable bonds is 54. The molecule has 428 valence electrons. The maximum absolute atomic E-state index is 13.5. The van der Waals surface area contributed by atoms with Gasteiger partial charge in [-0.2, -0.15) is 0 Å². The molecule has 1 amide bonds. The fourth-order valence-corrected chi connectivity index (χ4v) is 9.11. The van der Waals surface area contributed by atoms with Crippen molar-refractivity contribution < 1.29 is 37.3 Å². The van der Waals surface area contributed by atoms with Gasteiger partial charge in [-0.15, -0.1) is 0 Å². The molecule has 2 N–H and O–H groups in total. The van der Waals surface area contributed by atoms with Crippen molar-refractivity contribution in [2.75, 3.05) is 40.9 Å². The number of carbonyl (C=O) groups is 2. The number of amides is 1. The smallest absolute Gasteiger partial charge is 0.456 e. The van der Waals surface area contributed by atoms with Crippen molar-refractivity contribution in [3.8, 4) is 0 Å². The summed E-state index contributed by atoms with van der Waals surface area (Å²) in [5.74, 6) is -0.549. The summed E-state index contributed by atoms with van der Waals surface area (Å²) >= 11 is 0. The second-order valence-corrected chi connectivity index (χ2v) is 22.9. The third kappa shape index (κ3) is 54.0. The predicted octanol–water partition coefficient (Wildman–Crippen LogP) is 18.6. The van der Waals surface area contributed by atoms with E-state index < -0.39 is 20.0 Å². The van der Waals surface area contributed by atoms with Crippen LogP contribution in [0.4, 0.5) is 0 Å². The first kappa shape index (κ1) is 71.2. The molecule has 0 aromatic heterocycles. The van der Waals surface area contributed by atoms with Gasteiger partial charge in [-0.1, -0.05) is 228 Å². The van der Waals surface area contributed by atoms with E-state index in [2.05, 4.69) is 99.0 Å². The van der Waals surface area contributed by atoms with Crippen LogP contribution >= 0.6 is 7.82 Å². The Balaban J connectivity index is 5.36. The molecular weight excluding hydrogens is 940 g/mol. The Bertz CT molecular complexity index is 1540. The number of phosphoric ester groups is 1. The standard InChI is InChI=1S/C64H115N2O7P/c1-7-10-13-16-19-22-25-28-30-32-33-35-36-38-41-44-47-50-53-56-63(67)65-61(60-72-74(69,70)71-59-58-66(4,5)6)62(55-52-49-46-43-40-27-24-21-18-15-12-9-3)73-64(68)57-54-51-48-45-42-39-37-34-31-29-26-23-20-17-14-11-8-2/h10,13,19,22,28-31,33,35,38,41,52,55,61-62H,7-9,11-12,14-18,20-21,23-27,32,34,36-37,39-40,42-51,53-54,56-60H2,1-6H3,(H-,65,67,69,70)/p+1/b13-10-,22-19-,30-28-,31-29+,35-33-,41-38-,55-52+. The number of carbonyl (C=O) groups excluding carboxylic acids is 2. The minimum atomic E-state index is -4.46. The molecule has 74 heavy (non-hydrogen) atoms. The minimum Gasteiger partial charge on any atom is -0.456 e. The molecule has 0 aliphatic heterocycles. The molecule has 0 heterocycles. The van der Waals surface area contributed by atoms with Gasteiger partial charge < -0.3 is 19.4 Å². The second kappa shape index (κ2) is 53.6. The van der Waals surface area contributed by atoms with Crippen LogP contribution in [0.5, 0.6) is 0 Å². The maximum atomic E-state index is 13.5. The van der Waals surface area contributed by atoms with E-state index in [9.17, 15) is 19.0 Å². The van der Waals surface area contributed by atoms with E-state index in [1.54, 1.807) is 0 Å². The first-order valence-electron chi connectivity index (χ1n) is 30.4. The number of esters is 1. The van der Waals surface area contributed by atoms with Crippen LogP contribution in [0, 0.1) is 0 Å².